The van der Waals surface area contributed by atoms with E-state index >= 15 is 0 Å². The third-order valence-corrected chi connectivity index (χ3v) is 4.42. The zero-order chi connectivity index (χ0) is 19.4. The maximum Gasteiger partial charge on any atom is 0.305 e. The van der Waals surface area contributed by atoms with E-state index in [-0.39, 0.29) is 30.9 Å². The Bertz CT molecular complexity index is 670. The first kappa shape index (κ1) is 19.9. The van der Waals surface area contributed by atoms with Crippen molar-refractivity contribution in [1.82, 2.24) is 10.6 Å². The number of nitrogens with one attached hydrogen (secondary N) is 2. The fourth-order valence-corrected chi connectivity index (χ4v) is 2.90. The third-order valence-electron chi connectivity index (χ3n) is 4.42. The Morgan fingerprint density at radius 3 is 2.35 bits per heavy atom. The number of hydrogen-bond acceptors (Lipinski definition) is 4. The molecule has 1 aliphatic rings. The van der Waals surface area contributed by atoms with E-state index in [2.05, 4.69) is 31.4 Å². The Labute approximate surface area is 153 Å². The van der Waals surface area contributed by atoms with E-state index in [9.17, 15) is 14.4 Å². The van der Waals surface area contributed by atoms with Gasteiger partial charge in [-0.05, 0) is 29.5 Å². The molecule has 7 nitrogen and oxygen atoms in total. The van der Waals surface area contributed by atoms with Crippen molar-refractivity contribution >= 4 is 17.8 Å². The Morgan fingerprint density at radius 2 is 1.85 bits per heavy atom. The van der Waals surface area contributed by atoms with Gasteiger partial charge in [0.25, 0.3) is 5.91 Å². The van der Waals surface area contributed by atoms with E-state index < -0.39 is 17.4 Å². The minimum absolute atomic E-state index is 0.00327. The number of carbonyl (C=O) groups excluding carboxylic acids is 2. The van der Waals surface area contributed by atoms with Gasteiger partial charge in [0.2, 0.25) is 5.91 Å². The molecule has 142 valence electrons. The number of aliphatic carboxylic acids is 1. The lowest BCUT2D eigenvalue weighted by Crippen LogP contribution is -2.53. The van der Waals surface area contributed by atoms with Crippen molar-refractivity contribution in [2.24, 2.45) is 0 Å². The normalized spacial score (nSPS) is 19.8. The molecule has 0 spiro atoms. The van der Waals surface area contributed by atoms with Crippen molar-refractivity contribution in [2.45, 2.75) is 44.6 Å². The van der Waals surface area contributed by atoms with Crippen LogP contribution in [0.1, 0.15) is 49.5 Å². The molecule has 1 atom stereocenters. The van der Waals surface area contributed by atoms with Crippen molar-refractivity contribution in [3.05, 3.63) is 35.4 Å². The van der Waals surface area contributed by atoms with Crippen LogP contribution < -0.4 is 10.6 Å². The standard InChI is InChI=1S/C19H26N2O5/c1-18(2,3)14-6-4-13(5-7-14)17(25)20-11-15(22)21-19(10-16(23)24)8-9-26-12-19/h4-7H,8-12H2,1-3H3,(H,20,25)(H,21,22)(H,23,24). The second kappa shape index (κ2) is 7.86. The SMILES string of the molecule is CC(C)(C)c1ccc(C(=O)NCC(=O)NC2(CC(=O)O)CCOC2)cc1. The average molecular weight is 362 g/mol. The van der Waals surface area contributed by atoms with Crippen LogP contribution in [0.25, 0.3) is 0 Å². The average Bonchev–Trinajstić information content (AvgIpc) is 2.99. The minimum atomic E-state index is -1.00. The van der Waals surface area contributed by atoms with Gasteiger partial charge < -0.3 is 20.5 Å². The summed E-state index contributed by atoms with van der Waals surface area (Å²) in [5, 5.41) is 14.3. The van der Waals surface area contributed by atoms with Gasteiger partial charge in [0.1, 0.15) is 0 Å². The molecule has 0 aromatic heterocycles. The van der Waals surface area contributed by atoms with E-state index in [1.165, 1.54) is 0 Å². The van der Waals surface area contributed by atoms with Crippen LogP contribution in [0, 0.1) is 0 Å². The summed E-state index contributed by atoms with van der Waals surface area (Å²) in [6.07, 6.45) is 0.230. The maximum absolute atomic E-state index is 12.2. The van der Waals surface area contributed by atoms with Crippen LogP contribution in [0.2, 0.25) is 0 Å². The van der Waals surface area contributed by atoms with E-state index in [0.29, 0.717) is 18.6 Å². The first-order valence-corrected chi connectivity index (χ1v) is 8.61. The number of carboxylic acids is 1. The molecule has 0 saturated carbocycles. The van der Waals surface area contributed by atoms with Gasteiger partial charge in [-0.3, -0.25) is 14.4 Å². The molecule has 1 aliphatic heterocycles. The lowest BCUT2D eigenvalue weighted by Gasteiger charge is -2.27. The van der Waals surface area contributed by atoms with Crippen LogP contribution in [0.15, 0.2) is 24.3 Å². The number of ether oxygens (including phenoxy) is 1. The zero-order valence-electron chi connectivity index (χ0n) is 15.4. The molecule has 0 aliphatic carbocycles. The van der Waals surface area contributed by atoms with Crippen molar-refractivity contribution in [1.29, 1.82) is 0 Å². The summed E-state index contributed by atoms with van der Waals surface area (Å²) in [4.78, 5) is 35.3. The third kappa shape index (κ3) is 5.29. The number of rotatable bonds is 6. The molecule has 26 heavy (non-hydrogen) atoms. The summed E-state index contributed by atoms with van der Waals surface area (Å²) in [5.74, 6) is -1.79. The van der Waals surface area contributed by atoms with Crippen LogP contribution in [0.4, 0.5) is 0 Å². The van der Waals surface area contributed by atoms with Gasteiger partial charge >= 0.3 is 5.97 Å². The molecule has 2 amide bonds. The van der Waals surface area contributed by atoms with Crippen molar-refractivity contribution < 1.29 is 24.2 Å². The van der Waals surface area contributed by atoms with E-state index in [0.717, 1.165) is 5.56 Å². The Kier molecular flexibility index (Phi) is 6.02. The number of hydrogen-bond donors (Lipinski definition) is 3. The van der Waals surface area contributed by atoms with Crippen LogP contribution in [-0.2, 0) is 19.7 Å². The number of benzene rings is 1. The molecule has 1 saturated heterocycles. The summed E-state index contributed by atoms with van der Waals surface area (Å²) in [5.41, 5.74) is 0.678. The highest BCUT2D eigenvalue weighted by atomic mass is 16.5. The lowest BCUT2D eigenvalue weighted by atomic mass is 9.87. The molecule has 1 aromatic rings. The first-order chi connectivity index (χ1) is 12.1. The highest BCUT2D eigenvalue weighted by Gasteiger charge is 2.38. The molecular formula is C19H26N2O5. The van der Waals surface area contributed by atoms with Crippen molar-refractivity contribution in [3.8, 4) is 0 Å². The molecule has 7 heteroatoms. The van der Waals surface area contributed by atoms with Gasteiger partial charge in [-0.15, -0.1) is 0 Å². The fraction of sp³-hybridized carbons (Fsp3) is 0.526. The molecule has 0 radical (unpaired) electrons. The quantitative estimate of drug-likeness (QED) is 0.711. The van der Waals surface area contributed by atoms with Gasteiger partial charge in [0.15, 0.2) is 0 Å². The zero-order valence-corrected chi connectivity index (χ0v) is 15.4. The monoisotopic (exact) mass is 362 g/mol. The molecule has 3 N–H and O–H groups in total. The number of carboxylic acid groups (broad SMARTS) is 1. The summed E-state index contributed by atoms with van der Waals surface area (Å²) in [6, 6.07) is 7.24. The smallest absolute Gasteiger partial charge is 0.305 e. The number of amides is 2. The molecule has 1 aromatic carbocycles. The largest absolute Gasteiger partial charge is 0.481 e. The summed E-state index contributed by atoms with van der Waals surface area (Å²) < 4.78 is 5.23. The summed E-state index contributed by atoms with van der Waals surface area (Å²) >= 11 is 0. The van der Waals surface area contributed by atoms with Crippen LogP contribution >= 0.6 is 0 Å². The predicted octanol–water partition coefficient (Wildman–Crippen LogP) is 1.46. The van der Waals surface area contributed by atoms with Crippen molar-refractivity contribution in [2.75, 3.05) is 19.8 Å². The highest BCUT2D eigenvalue weighted by Crippen LogP contribution is 2.23. The topological polar surface area (TPSA) is 105 Å². The summed E-state index contributed by atoms with van der Waals surface area (Å²) in [7, 11) is 0. The summed E-state index contributed by atoms with van der Waals surface area (Å²) in [6.45, 7) is 6.61. The Balaban J connectivity index is 1.90. The second-order valence-electron chi connectivity index (χ2n) is 7.71. The highest BCUT2D eigenvalue weighted by molar-refractivity contribution is 5.96. The molecule has 2 rings (SSSR count). The first-order valence-electron chi connectivity index (χ1n) is 8.61. The van der Waals surface area contributed by atoms with E-state index in [4.69, 9.17) is 9.84 Å². The van der Waals surface area contributed by atoms with Crippen molar-refractivity contribution in [3.63, 3.8) is 0 Å². The maximum atomic E-state index is 12.2. The van der Waals surface area contributed by atoms with Crippen LogP contribution in [-0.4, -0.2) is 48.2 Å². The second-order valence-corrected chi connectivity index (χ2v) is 7.71. The lowest BCUT2D eigenvalue weighted by molar-refractivity contribution is -0.139. The van der Waals surface area contributed by atoms with Crippen LogP contribution in [0.3, 0.4) is 0 Å². The van der Waals surface area contributed by atoms with Gasteiger partial charge in [-0.25, -0.2) is 0 Å². The van der Waals surface area contributed by atoms with Gasteiger partial charge in [0.05, 0.1) is 25.1 Å². The van der Waals surface area contributed by atoms with E-state index in [1.54, 1.807) is 12.1 Å². The fourth-order valence-electron chi connectivity index (χ4n) is 2.90. The Morgan fingerprint density at radius 1 is 1.19 bits per heavy atom. The van der Waals surface area contributed by atoms with Gasteiger partial charge in [-0.1, -0.05) is 32.9 Å². The Hall–Kier alpha value is -2.41. The molecule has 1 heterocycles. The van der Waals surface area contributed by atoms with Gasteiger partial charge in [0, 0.05) is 12.2 Å². The van der Waals surface area contributed by atoms with E-state index in [1.807, 2.05) is 12.1 Å². The molecular weight excluding hydrogens is 336 g/mol. The molecule has 1 unspecified atom stereocenters. The molecule has 1 fully saturated rings. The molecule has 0 bridgehead atoms. The van der Waals surface area contributed by atoms with Crippen LogP contribution in [0.5, 0.6) is 0 Å². The van der Waals surface area contributed by atoms with Gasteiger partial charge in [-0.2, -0.15) is 0 Å². The minimum Gasteiger partial charge on any atom is -0.481 e. The predicted molar refractivity (Wildman–Crippen MR) is 96.0 cm³/mol. The number of carbonyl (C=O) groups is 3.